The van der Waals surface area contributed by atoms with Crippen LogP contribution in [0.1, 0.15) is 15.9 Å². The lowest BCUT2D eigenvalue weighted by Gasteiger charge is -2.13. The molecule has 0 aliphatic carbocycles. The number of ether oxygens (including phenoxy) is 5. The van der Waals surface area contributed by atoms with Crippen LogP contribution in [0, 0.1) is 20.2 Å². The van der Waals surface area contributed by atoms with Gasteiger partial charge in [-0.05, 0) is 18.2 Å². The summed E-state index contributed by atoms with van der Waals surface area (Å²) < 4.78 is 26.4. The van der Waals surface area contributed by atoms with E-state index in [-0.39, 0.29) is 17.2 Å². The number of amides is 1. The Morgan fingerprint density at radius 2 is 1.32 bits per heavy atom. The van der Waals surface area contributed by atoms with Gasteiger partial charge < -0.3 is 29.0 Å². The molecule has 0 unspecified atom stereocenters. The predicted molar refractivity (Wildman–Crippen MR) is 141 cm³/mol. The Morgan fingerprint density at radius 1 is 0.750 bits per heavy atom. The lowest BCUT2D eigenvalue weighted by Crippen LogP contribution is -2.12. The van der Waals surface area contributed by atoms with E-state index in [0.717, 1.165) is 18.2 Å². The smallest absolute Gasteiger partial charge is 0.344 e. The van der Waals surface area contributed by atoms with Crippen LogP contribution in [-0.4, -0.2) is 50.2 Å². The first kappa shape index (κ1) is 28.9. The SMILES string of the molecule is COc1cc(OC)c(/C=C/C(=O)Nc2ccc(OC)c(OC(=O)c3cc([N+](=O)[O-])cc([N+](=O)[O-])c3)c2)c(OC)c1. The maximum Gasteiger partial charge on any atom is 0.344 e. The molecular weight excluding hydrogens is 530 g/mol. The monoisotopic (exact) mass is 553 g/mol. The Balaban J connectivity index is 1.84. The van der Waals surface area contributed by atoms with Crippen molar-refractivity contribution in [1.29, 1.82) is 0 Å². The van der Waals surface area contributed by atoms with Gasteiger partial charge in [0, 0.05) is 42.1 Å². The van der Waals surface area contributed by atoms with Gasteiger partial charge in [0.15, 0.2) is 11.5 Å². The Bertz CT molecular complexity index is 1440. The second-order valence-corrected chi connectivity index (χ2v) is 7.78. The van der Waals surface area contributed by atoms with Crippen molar-refractivity contribution in [3.63, 3.8) is 0 Å². The zero-order valence-electron chi connectivity index (χ0n) is 21.7. The van der Waals surface area contributed by atoms with E-state index in [1.807, 2.05) is 0 Å². The van der Waals surface area contributed by atoms with Crippen molar-refractivity contribution in [3.8, 4) is 28.7 Å². The molecule has 0 spiro atoms. The molecule has 1 amide bonds. The standard InChI is InChI=1S/C26H23N3O11/c1-36-19-13-22(38-3)20(23(14-19)39-4)6-8-25(30)27-16-5-7-21(37-2)24(11-16)40-26(31)15-9-17(28(32)33)12-18(10-15)29(34)35/h5-14H,1-4H3,(H,27,30)/b8-6+. The highest BCUT2D eigenvalue weighted by Gasteiger charge is 2.22. The molecule has 0 aliphatic rings. The third kappa shape index (κ3) is 6.80. The number of carbonyl (C=O) groups is 2. The average Bonchev–Trinajstić information content (AvgIpc) is 2.95. The van der Waals surface area contributed by atoms with Gasteiger partial charge in [0.2, 0.25) is 5.91 Å². The van der Waals surface area contributed by atoms with Crippen LogP contribution >= 0.6 is 0 Å². The number of esters is 1. The minimum absolute atomic E-state index is 0.0922. The molecule has 14 nitrogen and oxygen atoms in total. The second-order valence-electron chi connectivity index (χ2n) is 7.78. The van der Waals surface area contributed by atoms with Gasteiger partial charge in [0.25, 0.3) is 11.4 Å². The van der Waals surface area contributed by atoms with Crippen molar-refractivity contribution in [2.45, 2.75) is 0 Å². The Hall–Kier alpha value is -5.66. The average molecular weight is 553 g/mol. The van der Waals surface area contributed by atoms with Crippen LogP contribution in [-0.2, 0) is 4.79 Å². The number of hydrogen-bond acceptors (Lipinski definition) is 11. The number of rotatable bonds is 11. The summed E-state index contributed by atoms with van der Waals surface area (Å²) in [4.78, 5) is 45.9. The quantitative estimate of drug-likeness (QED) is 0.117. The molecule has 0 fully saturated rings. The maximum atomic E-state index is 12.7. The van der Waals surface area contributed by atoms with Crippen molar-refractivity contribution >= 4 is 35.0 Å². The number of benzene rings is 3. The molecule has 3 aromatic rings. The first-order chi connectivity index (χ1) is 19.1. The number of methoxy groups -OCH3 is 4. The van der Waals surface area contributed by atoms with Gasteiger partial charge in [-0.3, -0.25) is 25.0 Å². The number of nitro benzene ring substituents is 2. The normalized spacial score (nSPS) is 10.5. The van der Waals surface area contributed by atoms with Gasteiger partial charge in [0.05, 0.1) is 55.5 Å². The molecule has 3 rings (SSSR count). The van der Waals surface area contributed by atoms with Gasteiger partial charge >= 0.3 is 5.97 Å². The van der Waals surface area contributed by atoms with Gasteiger partial charge in [-0.15, -0.1) is 0 Å². The fourth-order valence-corrected chi connectivity index (χ4v) is 3.46. The van der Waals surface area contributed by atoms with Crippen LogP contribution in [0.3, 0.4) is 0 Å². The maximum absolute atomic E-state index is 12.7. The van der Waals surface area contributed by atoms with E-state index in [4.69, 9.17) is 23.7 Å². The minimum Gasteiger partial charge on any atom is -0.496 e. The topological polar surface area (TPSA) is 179 Å². The Labute approximate surface area is 227 Å². The number of anilines is 1. The van der Waals surface area contributed by atoms with Crippen molar-refractivity contribution in [2.75, 3.05) is 33.8 Å². The molecule has 208 valence electrons. The molecule has 40 heavy (non-hydrogen) atoms. The summed E-state index contributed by atoms with van der Waals surface area (Å²) >= 11 is 0. The molecule has 1 N–H and O–H groups in total. The van der Waals surface area contributed by atoms with Crippen LogP contribution in [0.2, 0.25) is 0 Å². The summed E-state index contributed by atoms with van der Waals surface area (Å²) in [6.07, 6.45) is 2.71. The molecule has 0 heterocycles. The van der Waals surface area contributed by atoms with Crippen LogP contribution in [0.5, 0.6) is 28.7 Å². The lowest BCUT2D eigenvalue weighted by atomic mass is 10.1. The number of non-ortho nitro benzene ring substituents is 2. The van der Waals surface area contributed by atoms with Crippen molar-refractivity contribution in [2.24, 2.45) is 0 Å². The molecule has 0 aliphatic heterocycles. The molecule has 0 aromatic heterocycles. The molecule has 0 bridgehead atoms. The number of carbonyl (C=O) groups excluding carboxylic acids is 2. The third-order valence-corrected chi connectivity index (χ3v) is 5.35. The molecule has 3 aromatic carbocycles. The first-order valence-electron chi connectivity index (χ1n) is 11.2. The minimum atomic E-state index is -1.12. The number of nitrogens with one attached hydrogen (secondary N) is 1. The van der Waals surface area contributed by atoms with Gasteiger partial charge in [0.1, 0.15) is 17.2 Å². The summed E-state index contributed by atoms with van der Waals surface area (Å²) in [5.74, 6) is -0.434. The van der Waals surface area contributed by atoms with Gasteiger partial charge in [-0.1, -0.05) is 0 Å². The van der Waals surface area contributed by atoms with E-state index < -0.39 is 38.7 Å². The van der Waals surface area contributed by atoms with Gasteiger partial charge in [-0.25, -0.2) is 4.79 Å². The number of nitrogens with zero attached hydrogens (tertiary/aromatic N) is 2. The second kappa shape index (κ2) is 12.7. The summed E-state index contributed by atoms with van der Waals surface area (Å²) in [7, 11) is 5.71. The molecule has 14 heteroatoms. The fourth-order valence-electron chi connectivity index (χ4n) is 3.46. The lowest BCUT2D eigenvalue weighted by molar-refractivity contribution is -0.394. The van der Waals surface area contributed by atoms with Crippen molar-refractivity contribution in [1.82, 2.24) is 0 Å². The molecule has 0 atom stereocenters. The summed E-state index contributed by atoms with van der Waals surface area (Å²) in [6, 6.07) is 9.84. The van der Waals surface area contributed by atoms with E-state index in [9.17, 15) is 29.8 Å². The van der Waals surface area contributed by atoms with Crippen molar-refractivity contribution < 1.29 is 43.1 Å². The summed E-state index contributed by atoms with van der Waals surface area (Å²) in [5.41, 5.74) is -1.06. The largest absolute Gasteiger partial charge is 0.496 e. The van der Waals surface area contributed by atoms with E-state index in [2.05, 4.69) is 5.32 Å². The zero-order valence-corrected chi connectivity index (χ0v) is 21.7. The van der Waals surface area contributed by atoms with E-state index in [1.54, 1.807) is 12.1 Å². The summed E-state index contributed by atoms with van der Waals surface area (Å²) in [5, 5.41) is 24.9. The van der Waals surface area contributed by atoms with Gasteiger partial charge in [-0.2, -0.15) is 0 Å². The number of hydrogen-bond donors (Lipinski definition) is 1. The highest BCUT2D eigenvalue weighted by molar-refractivity contribution is 6.02. The predicted octanol–water partition coefficient (Wildman–Crippen LogP) is 4.41. The van der Waals surface area contributed by atoms with Crippen LogP contribution in [0.25, 0.3) is 6.08 Å². The molecule has 0 radical (unpaired) electrons. The van der Waals surface area contributed by atoms with E-state index in [0.29, 0.717) is 22.8 Å². The van der Waals surface area contributed by atoms with Crippen LogP contribution in [0.4, 0.5) is 17.1 Å². The van der Waals surface area contributed by atoms with Crippen molar-refractivity contribution in [3.05, 3.63) is 86.0 Å². The summed E-state index contributed by atoms with van der Waals surface area (Å²) in [6.45, 7) is 0. The Kier molecular flexibility index (Phi) is 9.20. The third-order valence-electron chi connectivity index (χ3n) is 5.35. The molecular formula is C26H23N3O11. The molecule has 0 saturated carbocycles. The highest BCUT2D eigenvalue weighted by Crippen LogP contribution is 2.35. The fraction of sp³-hybridized carbons (Fsp3) is 0.154. The van der Waals surface area contributed by atoms with Crippen LogP contribution < -0.4 is 29.0 Å². The van der Waals surface area contributed by atoms with E-state index in [1.165, 1.54) is 58.8 Å². The highest BCUT2D eigenvalue weighted by atomic mass is 16.6. The van der Waals surface area contributed by atoms with E-state index >= 15 is 0 Å². The van der Waals surface area contributed by atoms with Crippen LogP contribution in [0.15, 0.2) is 54.6 Å². The zero-order chi connectivity index (χ0) is 29.4. The first-order valence-corrected chi connectivity index (χ1v) is 11.2. The Morgan fingerprint density at radius 3 is 1.82 bits per heavy atom. The number of nitro groups is 2. The molecule has 0 saturated heterocycles.